The van der Waals surface area contributed by atoms with E-state index in [0.717, 1.165) is 12.8 Å². The summed E-state index contributed by atoms with van der Waals surface area (Å²) < 4.78 is 45.6. The van der Waals surface area contributed by atoms with Gasteiger partial charge in [0.05, 0.1) is 11.9 Å². The molecule has 0 radical (unpaired) electrons. The minimum Gasteiger partial charge on any atom is -0.468 e. The van der Waals surface area contributed by atoms with Crippen LogP contribution in [0.4, 0.5) is 23.7 Å². The van der Waals surface area contributed by atoms with Gasteiger partial charge in [0, 0.05) is 25.3 Å². The molecule has 6 nitrogen and oxygen atoms in total. The van der Waals surface area contributed by atoms with E-state index in [-0.39, 0.29) is 11.9 Å². The van der Waals surface area contributed by atoms with Gasteiger partial charge in [-0.15, -0.1) is 0 Å². The first-order chi connectivity index (χ1) is 10.4. The summed E-state index contributed by atoms with van der Waals surface area (Å²) in [6, 6.07) is 2.34. The maximum atomic E-state index is 12.0. The largest absolute Gasteiger partial charge is 0.468 e. The van der Waals surface area contributed by atoms with Crippen LogP contribution < -0.4 is 15.4 Å². The van der Waals surface area contributed by atoms with Crippen molar-refractivity contribution in [2.75, 3.05) is 25.1 Å². The van der Waals surface area contributed by atoms with E-state index in [0.29, 0.717) is 18.9 Å². The second kappa shape index (κ2) is 7.30. The number of halogens is 3. The molecule has 1 fully saturated rings. The maximum absolute atomic E-state index is 12.0. The minimum atomic E-state index is -4.41. The lowest BCUT2D eigenvalue weighted by atomic mass is 10.1. The number of pyridine rings is 1. The Hall–Kier alpha value is -2.03. The number of amides is 2. The van der Waals surface area contributed by atoms with Crippen molar-refractivity contribution < 1.29 is 27.4 Å². The molecule has 9 heteroatoms. The van der Waals surface area contributed by atoms with Crippen LogP contribution in [0, 0.1) is 0 Å². The van der Waals surface area contributed by atoms with Crippen LogP contribution in [0.1, 0.15) is 12.8 Å². The molecule has 1 saturated heterocycles. The van der Waals surface area contributed by atoms with Gasteiger partial charge >= 0.3 is 12.2 Å². The molecule has 122 valence electrons. The monoisotopic (exact) mass is 319 g/mol. The molecular formula is C13H16F3N3O3. The molecule has 22 heavy (non-hydrogen) atoms. The van der Waals surface area contributed by atoms with Gasteiger partial charge in [0.1, 0.15) is 0 Å². The van der Waals surface area contributed by atoms with Crippen LogP contribution in [0.3, 0.4) is 0 Å². The van der Waals surface area contributed by atoms with E-state index in [1.54, 1.807) is 0 Å². The van der Waals surface area contributed by atoms with Crippen molar-refractivity contribution in [3.63, 3.8) is 0 Å². The van der Waals surface area contributed by atoms with E-state index in [2.05, 4.69) is 20.4 Å². The third kappa shape index (κ3) is 5.76. The normalized spacial score (nSPS) is 16.1. The van der Waals surface area contributed by atoms with Gasteiger partial charge in [0.15, 0.2) is 6.61 Å². The van der Waals surface area contributed by atoms with E-state index in [9.17, 15) is 18.0 Å². The van der Waals surface area contributed by atoms with Crippen molar-refractivity contribution in [3.8, 4) is 5.88 Å². The molecule has 2 amide bonds. The summed E-state index contributed by atoms with van der Waals surface area (Å²) in [5.74, 6) is -0.160. The molecule has 1 aliphatic rings. The first-order valence-corrected chi connectivity index (χ1v) is 6.73. The number of rotatable bonds is 4. The molecule has 0 aliphatic carbocycles. The average Bonchev–Trinajstić information content (AvgIpc) is 2.47. The quantitative estimate of drug-likeness (QED) is 0.893. The number of nitrogens with one attached hydrogen (secondary N) is 2. The highest BCUT2D eigenvalue weighted by Crippen LogP contribution is 2.18. The van der Waals surface area contributed by atoms with Gasteiger partial charge in [-0.1, -0.05) is 0 Å². The lowest BCUT2D eigenvalue weighted by Crippen LogP contribution is -2.41. The Morgan fingerprint density at radius 1 is 1.36 bits per heavy atom. The summed E-state index contributed by atoms with van der Waals surface area (Å²) >= 11 is 0. The molecule has 0 bridgehead atoms. The Morgan fingerprint density at radius 3 is 2.68 bits per heavy atom. The highest BCUT2D eigenvalue weighted by Gasteiger charge is 2.28. The summed E-state index contributed by atoms with van der Waals surface area (Å²) in [5, 5.41) is 5.35. The third-order valence-corrected chi connectivity index (χ3v) is 2.93. The highest BCUT2D eigenvalue weighted by molar-refractivity contribution is 5.89. The van der Waals surface area contributed by atoms with Crippen LogP contribution in [-0.4, -0.2) is 43.1 Å². The first kappa shape index (κ1) is 16.3. The molecule has 0 saturated carbocycles. The molecule has 2 N–H and O–H groups in total. The number of carbonyl (C=O) groups is 1. The molecule has 1 aliphatic heterocycles. The number of hydrogen-bond acceptors (Lipinski definition) is 4. The second-order valence-electron chi connectivity index (χ2n) is 4.77. The predicted molar refractivity (Wildman–Crippen MR) is 71.8 cm³/mol. The number of ether oxygens (including phenoxy) is 2. The van der Waals surface area contributed by atoms with Gasteiger partial charge in [-0.25, -0.2) is 9.78 Å². The fraction of sp³-hybridized carbons (Fsp3) is 0.538. The summed E-state index contributed by atoms with van der Waals surface area (Å²) in [5.41, 5.74) is 0.365. The van der Waals surface area contributed by atoms with Gasteiger partial charge in [-0.2, -0.15) is 13.2 Å². The van der Waals surface area contributed by atoms with Crippen molar-refractivity contribution in [2.45, 2.75) is 25.1 Å². The zero-order chi connectivity index (χ0) is 16.0. The zero-order valence-electron chi connectivity index (χ0n) is 11.7. The van der Waals surface area contributed by atoms with E-state index in [4.69, 9.17) is 4.74 Å². The van der Waals surface area contributed by atoms with Gasteiger partial charge in [0.2, 0.25) is 5.88 Å². The molecule has 1 aromatic heterocycles. The molecule has 0 atom stereocenters. The van der Waals surface area contributed by atoms with Crippen LogP contribution in [0.2, 0.25) is 0 Å². The summed E-state index contributed by atoms with van der Waals surface area (Å²) in [7, 11) is 0. The SMILES string of the molecule is O=C(Nc1ccc(OCC(F)(F)F)nc1)NC1CCOCC1. The van der Waals surface area contributed by atoms with E-state index < -0.39 is 18.8 Å². The van der Waals surface area contributed by atoms with Crippen molar-refractivity contribution in [1.29, 1.82) is 0 Å². The van der Waals surface area contributed by atoms with Gasteiger partial charge in [-0.3, -0.25) is 0 Å². The van der Waals surface area contributed by atoms with E-state index in [1.807, 2.05) is 0 Å². The molecule has 0 spiro atoms. The molecular weight excluding hydrogens is 303 g/mol. The van der Waals surface area contributed by atoms with E-state index >= 15 is 0 Å². The second-order valence-corrected chi connectivity index (χ2v) is 4.77. The Bertz CT molecular complexity index is 488. The van der Waals surface area contributed by atoms with Gasteiger partial charge < -0.3 is 20.1 Å². The smallest absolute Gasteiger partial charge is 0.422 e. The van der Waals surface area contributed by atoms with Gasteiger partial charge in [0.25, 0.3) is 0 Å². The fourth-order valence-corrected chi connectivity index (χ4v) is 1.89. The Balaban J connectivity index is 1.79. The Kier molecular flexibility index (Phi) is 5.42. The van der Waals surface area contributed by atoms with Crippen LogP contribution in [0.15, 0.2) is 18.3 Å². The maximum Gasteiger partial charge on any atom is 0.422 e. The molecule has 1 aromatic rings. The summed E-state index contributed by atoms with van der Waals surface area (Å²) in [6.07, 6.45) is -1.69. The lowest BCUT2D eigenvalue weighted by molar-refractivity contribution is -0.154. The lowest BCUT2D eigenvalue weighted by Gasteiger charge is -2.23. The fourth-order valence-electron chi connectivity index (χ4n) is 1.89. The van der Waals surface area contributed by atoms with Crippen molar-refractivity contribution in [3.05, 3.63) is 18.3 Å². The summed E-state index contributed by atoms with van der Waals surface area (Å²) in [6.45, 7) is -0.188. The average molecular weight is 319 g/mol. The van der Waals surface area contributed by atoms with Gasteiger partial charge in [-0.05, 0) is 18.9 Å². The Labute approximate surface area is 125 Å². The predicted octanol–water partition coefficient (Wildman–Crippen LogP) is 2.32. The van der Waals surface area contributed by atoms with Crippen LogP contribution in [0.5, 0.6) is 5.88 Å². The number of aromatic nitrogens is 1. The molecule has 2 rings (SSSR count). The number of alkyl halides is 3. The first-order valence-electron chi connectivity index (χ1n) is 6.73. The minimum absolute atomic E-state index is 0.0519. The summed E-state index contributed by atoms with van der Waals surface area (Å²) in [4.78, 5) is 15.4. The highest BCUT2D eigenvalue weighted by atomic mass is 19.4. The number of urea groups is 1. The van der Waals surface area contributed by atoms with Crippen molar-refractivity contribution in [1.82, 2.24) is 10.3 Å². The van der Waals surface area contributed by atoms with E-state index in [1.165, 1.54) is 18.3 Å². The number of nitrogens with zero attached hydrogens (tertiary/aromatic N) is 1. The molecule has 0 unspecified atom stereocenters. The van der Waals surface area contributed by atoms with Crippen LogP contribution in [-0.2, 0) is 4.74 Å². The topological polar surface area (TPSA) is 72.5 Å². The van der Waals surface area contributed by atoms with Crippen LogP contribution >= 0.6 is 0 Å². The zero-order valence-corrected chi connectivity index (χ0v) is 11.7. The van der Waals surface area contributed by atoms with Crippen molar-refractivity contribution >= 4 is 11.7 Å². The number of carbonyl (C=O) groups excluding carboxylic acids is 1. The van der Waals surface area contributed by atoms with Crippen molar-refractivity contribution in [2.24, 2.45) is 0 Å². The standard InChI is InChI=1S/C13H16F3N3O3/c14-13(15,16)8-22-11-2-1-10(7-17-11)19-12(20)18-9-3-5-21-6-4-9/h1-2,7,9H,3-6,8H2,(H2,18,19,20). The molecule has 2 heterocycles. The molecule has 0 aromatic carbocycles. The third-order valence-electron chi connectivity index (χ3n) is 2.93. The van der Waals surface area contributed by atoms with Crippen LogP contribution in [0.25, 0.3) is 0 Å². The Morgan fingerprint density at radius 2 is 2.09 bits per heavy atom. The number of hydrogen-bond donors (Lipinski definition) is 2. The number of anilines is 1.